The Morgan fingerprint density at radius 3 is 2.59 bits per heavy atom. The zero-order valence-electron chi connectivity index (χ0n) is 21.8. The van der Waals surface area contributed by atoms with Gasteiger partial charge >= 0.3 is 0 Å². The molecule has 7 nitrogen and oxygen atoms in total. The predicted molar refractivity (Wildman–Crippen MR) is 149 cm³/mol. The minimum atomic E-state index is -0.764. The molecule has 3 aliphatic rings. The number of benzene rings is 3. The van der Waals surface area contributed by atoms with E-state index < -0.39 is 11.7 Å². The SMILES string of the molecule is O=C(c1ccc(O)cc1OC[C@@H](O)CN1CCC2(CC1)Oc1ccccc1[C@@H]2Cl)N1CCc2ccccc2C1. The fraction of sp³-hybridized carbons (Fsp3) is 0.387. The number of ether oxygens (including phenoxy) is 2. The summed E-state index contributed by atoms with van der Waals surface area (Å²) in [7, 11) is 0. The van der Waals surface area contributed by atoms with Gasteiger partial charge in [-0.15, -0.1) is 11.6 Å². The number of hydrogen-bond acceptors (Lipinski definition) is 6. The summed E-state index contributed by atoms with van der Waals surface area (Å²) >= 11 is 6.82. The number of phenolic OH excluding ortho intramolecular Hbond substituents is 1. The molecule has 0 aromatic heterocycles. The van der Waals surface area contributed by atoms with Crippen LogP contribution < -0.4 is 9.47 Å². The number of para-hydroxylation sites is 1. The molecular formula is C31H33ClN2O5. The average molecular weight is 549 g/mol. The lowest BCUT2D eigenvalue weighted by Crippen LogP contribution is -2.50. The highest BCUT2D eigenvalue weighted by molar-refractivity contribution is 6.22. The zero-order valence-corrected chi connectivity index (χ0v) is 22.5. The Morgan fingerprint density at radius 1 is 1.05 bits per heavy atom. The van der Waals surface area contributed by atoms with Gasteiger partial charge in [0, 0.05) is 57.2 Å². The molecule has 1 saturated heterocycles. The van der Waals surface area contributed by atoms with Crippen molar-refractivity contribution in [1.82, 2.24) is 9.80 Å². The lowest BCUT2D eigenvalue weighted by atomic mass is 9.86. The Balaban J connectivity index is 1.05. The summed E-state index contributed by atoms with van der Waals surface area (Å²) in [5, 5.41) is 20.7. The van der Waals surface area contributed by atoms with Gasteiger partial charge in [0.2, 0.25) is 0 Å². The number of alkyl halides is 1. The summed E-state index contributed by atoms with van der Waals surface area (Å²) in [6.07, 6.45) is 1.58. The van der Waals surface area contributed by atoms with Gasteiger partial charge in [0.15, 0.2) is 0 Å². The number of phenols is 1. The van der Waals surface area contributed by atoms with Crippen LogP contribution in [0.1, 0.15) is 45.3 Å². The number of likely N-dealkylation sites (tertiary alicyclic amines) is 1. The Bertz CT molecular complexity index is 1360. The van der Waals surface area contributed by atoms with E-state index in [4.69, 9.17) is 21.1 Å². The molecule has 3 heterocycles. The Hall–Kier alpha value is -3.26. The molecule has 1 fully saturated rings. The van der Waals surface area contributed by atoms with Crippen molar-refractivity contribution in [3.05, 3.63) is 89.0 Å². The number of nitrogens with zero attached hydrogens (tertiary/aromatic N) is 2. The van der Waals surface area contributed by atoms with Crippen LogP contribution in [0.5, 0.6) is 17.2 Å². The van der Waals surface area contributed by atoms with Gasteiger partial charge in [-0.2, -0.15) is 0 Å². The number of carbonyl (C=O) groups excluding carboxylic acids is 1. The first-order valence-corrected chi connectivity index (χ1v) is 14.0. The van der Waals surface area contributed by atoms with Crippen molar-refractivity contribution < 1.29 is 24.5 Å². The standard InChI is InChI=1S/C31H33ClN2O5/c32-29-25-7-3-4-8-27(25)39-31(29)12-15-33(16-13-31)19-24(36)20-38-28-17-23(35)9-10-26(28)30(37)34-14-11-21-5-1-2-6-22(21)18-34/h1-10,17,24,29,35-36H,11-16,18-20H2/t24-,29-/m0/s1. The van der Waals surface area contributed by atoms with E-state index >= 15 is 0 Å². The van der Waals surface area contributed by atoms with Gasteiger partial charge in [-0.1, -0.05) is 42.5 Å². The third-order valence-electron chi connectivity index (χ3n) is 8.18. The summed E-state index contributed by atoms with van der Waals surface area (Å²) in [6.45, 7) is 3.09. The highest BCUT2D eigenvalue weighted by atomic mass is 35.5. The molecule has 6 rings (SSSR count). The number of rotatable bonds is 6. The first-order chi connectivity index (χ1) is 18.9. The van der Waals surface area contributed by atoms with Crippen molar-refractivity contribution in [1.29, 1.82) is 0 Å². The van der Waals surface area contributed by atoms with Crippen molar-refractivity contribution in [2.75, 3.05) is 32.8 Å². The minimum Gasteiger partial charge on any atom is -0.508 e. The second-order valence-electron chi connectivity index (χ2n) is 10.8. The summed E-state index contributed by atoms with van der Waals surface area (Å²) < 4.78 is 12.2. The maximum absolute atomic E-state index is 13.4. The van der Waals surface area contributed by atoms with E-state index in [1.807, 2.05) is 42.5 Å². The number of aromatic hydroxyl groups is 1. The third kappa shape index (κ3) is 5.19. The number of aliphatic hydroxyl groups excluding tert-OH is 1. The summed E-state index contributed by atoms with van der Waals surface area (Å²) in [5.74, 6) is 1.00. The monoisotopic (exact) mass is 548 g/mol. The summed E-state index contributed by atoms with van der Waals surface area (Å²) in [5.41, 5.74) is 3.43. The largest absolute Gasteiger partial charge is 0.508 e. The molecule has 3 aliphatic heterocycles. The summed E-state index contributed by atoms with van der Waals surface area (Å²) in [6, 6.07) is 20.6. The zero-order chi connectivity index (χ0) is 27.0. The van der Waals surface area contributed by atoms with Gasteiger partial charge in [0.1, 0.15) is 40.9 Å². The molecule has 0 saturated carbocycles. The lowest BCUT2D eigenvalue weighted by molar-refractivity contribution is -0.00449. The maximum Gasteiger partial charge on any atom is 0.257 e. The van der Waals surface area contributed by atoms with Gasteiger partial charge in [0.25, 0.3) is 5.91 Å². The van der Waals surface area contributed by atoms with Crippen molar-refractivity contribution in [3.8, 4) is 17.2 Å². The minimum absolute atomic E-state index is 0.00822. The van der Waals surface area contributed by atoms with Crippen LogP contribution in [0.25, 0.3) is 0 Å². The van der Waals surface area contributed by atoms with E-state index in [0.717, 1.165) is 49.2 Å². The lowest BCUT2D eigenvalue weighted by Gasteiger charge is -2.40. The fourth-order valence-corrected chi connectivity index (χ4v) is 6.43. The number of hydrogen-bond donors (Lipinski definition) is 2. The number of carbonyl (C=O) groups is 1. The molecule has 0 radical (unpaired) electrons. The van der Waals surface area contributed by atoms with Crippen LogP contribution in [0.4, 0.5) is 0 Å². The van der Waals surface area contributed by atoms with Crippen LogP contribution in [-0.4, -0.2) is 70.4 Å². The van der Waals surface area contributed by atoms with Gasteiger partial charge in [0.05, 0.1) is 5.56 Å². The number of aliphatic hydroxyl groups is 1. The number of amides is 1. The predicted octanol–water partition coefficient (Wildman–Crippen LogP) is 4.54. The molecule has 3 aromatic rings. The van der Waals surface area contributed by atoms with E-state index in [0.29, 0.717) is 25.2 Å². The van der Waals surface area contributed by atoms with E-state index in [1.54, 1.807) is 11.0 Å². The molecular weight excluding hydrogens is 516 g/mol. The molecule has 0 bridgehead atoms. The second-order valence-corrected chi connectivity index (χ2v) is 11.2. The molecule has 3 aromatic carbocycles. The van der Waals surface area contributed by atoms with E-state index in [2.05, 4.69) is 11.0 Å². The van der Waals surface area contributed by atoms with E-state index in [9.17, 15) is 15.0 Å². The first-order valence-electron chi connectivity index (χ1n) is 13.6. The molecule has 0 aliphatic carbocycles. The quantitative estimate of drug-likeness (QED) is 0.440. The number of β-amino-alcohol motifs (C(OH)–C–C–N with tert-alkyl or cyclic N) is 1. The smallest absolute Gasteiger partial charge is 0.257 e. The van der Waals surface area contributed by atoms with Crippen molar-refractivity contribution in [2.45, 2.75) is 42.9 Å². The number of piperidine rings is 1. The number of halogens is 1. The molecule has 0 unspecified atom stereocenters. The van der Waals surface area contributed by atoms with E-state index in [1.165, 1.54) is 17.7 Å². The molecule has 1 amide bonds. The average Bonchev–Trinajstić information content (AvgIpc) is 3.23. The van der Waals surface area contributed by atoms with Gasteiger partial charge in [-0.05, 0) is 35.7 Å². The van der Waals surface area contributed by atoms with Crippen LogP contribution in [0.3, 0.4) is 0 Å². The molecule has 204 valence electrons. The van der Waals surface area contributed by atoms with Crippen LogP contribution in [0, 0.1) is 0 Å². The molecule has 8 heteroatoms. The van der Waals surface area contributed by atoms with E-state index in [-0.39, 0.29) is 29.4 Å². The Labute approximate surface area is 233 Å². The number of fused-ring (bicyclic) bond motifs is 2. The molecule has 2 atom stereocenters. The topological polar surface area (TPSA) is 82.5 Å². The Kier molecular flexibility index (Phi) is 7.14. The van der Waals surface area contributed by atoms with Crippen LogP contribution in [0.15, 0.2) is 66.7 Å². The first kappa shape index (κ1) is 26.0. The van der Waals surface area contributed by atoms with Gasteiger partial charge < -0.3 is 29.5 Å². The molecule has 2 N–H and O–H groups in total. The van der Waals surface area contributed by atoms with Crippen LogP contribution in [0.2, 0.25) is 0 Å². The van der Waals surface area contributed by atoms with Gasteiger partial charge in [-0.3, -0.25) is 4.79 Å². The highest BCUT2D eigenvalue weighted by Gasteiger charge is 2.49. The molecule has 1 spiro atoms. The maximum atomic E-state index is 13.4. The summed E-state index contributed by atoms with van der Waals surface area (Å²) in [4.78, 5) is 17.4. The van der Waals surface area contributed by atoms with Crippen molar-refractivity contribution >= 4 is 17.5 Å². The van der Waals surface area contributed by atoms with Crippen molar-refractivity contribution in [3.63, 3.8) is 0 Å². The fourth-order valence-electron chi connectivity index (χ4n) is 5.99. The van der Waals surface area contributed by atoms with Crippen molar-refractivity contribution in [2.24, 2.45) is 0 Å². The third-order valence-corrected chi connectivity index (χ3v) is 8.82. The van der Waals surface area contributed by atoms with Crippen LogP contribution in [-0.2, 0) is 13.0 Å². The van der Waals surface area contributed by atoms with Gasteiger partial charge in [-0.25, -0.2) is 0 Å². The Morgan fingerprint density at radius 2 is 1.79 bits per heavy atom. The molecule has 39 heavy (non-hydrogen) atoms. The highest BCUT2D eigenvalue weighted by Crippen LogP contribution is 2.51. The second kappa shape index (κ2) is 10.7. The van der Waals surface area contributed by atoms with Crippen LogP contribution >= 0.6 is 11.6 Å². The normalized spacial score (nSPS) is 20.7.